The maximum absolute atomic E-state index is 11.5. The molecule has 1 N–H and O–H groups in total. The minimum atomic E-state index is -1.10. The first-order chi connectivity index (χ1) is 20.4. The topological polar surface area (TPSA) is 26.7 Å². The molecule has 0 unspecified atom stereocenters. The fraction of sp³-hybridized carbons (Fsp3) is 0.0769. The van der Waals surface area contributed by atoms with Gasteiger partial charge in [-0.2, -0.15) is 0 Å². The van der Waals surface area contributed by atoms with Crippen LogP contribution in [0.3, 0.4) is 0 Å². The largest absolute Gasteiger partial charge is 0.386 e. The first-order valence-electron chi connectivity index (χ1n) is 14.2. The molecule has 1 heterocycles. The summed E-state index contributed by atoms with van der Waals surface area (Å²) in [6, 6.07) is 43.9. The highest BCUT2D eigenvalue weighted by Gasteiger charge is 2.33. The normalized spacial score (nSPS) is 13.1. The van der Waals surface area contributed by atoms with E-state index in [9.17, 15) is 5.11 Å². The van der Waals surface area contributed by atoms with Gasteiger partial charge < -0.3 is 14.9 Å². The molecule has 0 aliphatic carbocycles. The van der Waals surface area contributed by atoms with Gasteiger partial charge in [0, 0.05) is 11.3 Å². The van der Waals surface area contributed by atoms with Crippen LogP contribution in [0.5, 0.6) is 0 Å². The number of benzene rings is 5. The molecule has 0 atom stereocenters. The summed E-state index contributed by atoms with van der Waals surface area (Å²) in [7, 11) is 0. The Morgan fingerprint density at radius 2 is 0.976 bits per heavy atom. The number of nitrogens with zero attached hydrogens (tertiary/aromatic N) is 2. The number of fused-ring (bicyclic) bond motifs is 1. The van der Waals surface area contributed by atoms with Crippen molar-refractivity contribution in [2.75, 3.05) is 9.80 Å². The molecule has 0 radical (unpaired) electrons. The molecule has 0 amide bonds. The van der Waals surface area contributed by atoms with Crippen LogP contribution >= 0.6 is 0 Å². The molecular weight excluding hydrogens is 512 g/mol. The SMILES string of the molecule is C=CC1=C(C=C)N(c2ccc(-c3ccccc3)cc2C(C)(C)O)c2ccccc2N1c1ccc(-c2ccccc2)cc1. The zero-order valence-corrected chi connectivity index (χ0v) is 24.0. The maximum atomic E-state index is 11.5. The molecule has 3 nitrogen and oxygen atoms in total. The zero-order chi connectivity index (χ0) is 29.3. The molecule has 5 aromatic carbocycles. The van der Waals surface area contributed by atoms with Crippen LogP contribution in [0.2, 0.25) is 0 Å². The number of hydrogen-bond donors (Lipinski definition) is 1. The summed E-state index contributed by atoms with van der Waals surface area (Å²) in [4.78, 5) is 4.42. The molecular formula is C39H34N2O. The predicted molar refractivity (Wildman–Crippen MR) is 177 cm³/mol. The lowest BCUT2D eigenvalue weighted by Gasteiger charge is -2.42. The van der Waals surface area contributed by atoms with Crippen molar-refractivity contribution in [2.24, 2.45) is 0 Å². The molecule has 0 bridgehead atoms. The Morgan fingerprint density at radius 1 is 0.524 bits per heavy atom. The molecule has 1 aliphatic heterocycles. The van der Waals surface area contributed by atoms with Crippen LogP contribution < -0.4 is 9.80 Å². The summed E-state index contributed by atoms with van der Waals surface area (Å²) >= 11 is 0. The number of anilines is 4. The molecule has 0 spiro atoms. The van der Waals surface area contributed by atoms with E-state index in [1.54, 1.807) is 0 Å². The summed E-state index contributed by atoms with van der Waals surface area (Å²) in [5, 5.41) is 11.5. The predicted octanol–water partition coefficient (Wildman–Crippen LogP) is 10.1. The zero-order valence-electron chi connectivity index (χ0n) is 24.0. The summed E-state index contributed by atoms with van der Waals surface area (Å²) in [5.41, 5.74) is 9.93. The fourth-order valence-corrected chi connectivity index (χ4v) is 5.73. The monoisotopic (exact) mass is 546 g/mol. The molecule has 5 aromatic rings. The second-order valence-corrected chi connectivity index (χ2v) is 10.9. The molecule has 6 rings (SSSR count). The molecule has 3 heteroatoms. The highest BCUT2D eigenvalue weighted by atomic mass is 16.3. The molecule has 0 aromatic heterocycles. The van der Waals surface area contributed by atoms with Gasteiger partial charge in [-0.05, 0) is 84.7 Å². The second-order valence-electron chi connectivity index (χ2n) is 10.9. The van der Waals surface area contributed by atoms with E-state index in [1.807, 2.05) is 56.3 Å². The number of hydrogen-bond acceptors (Lipinski definition) is 3. The van der Waals surface area contributed by atoms with Crippen molar-refractivity contribution >= 4 is 22.7 Å². The van der Waals surface area contributed by atoms with Crippen molar-refractivity contribution in [3.63, 3.8) is 0 Å². The third-order valence-electron chi connectivity index (χ3n) is 7.73. The van der Waals surface area contributed by atoms with Crippen LogP contribution in [0.4, 0.5) is 22.7 Å². The molecule has 0 saturated heterocycles. The first kappa shape index (κ1) is 27.1. The summed E-state index contributed by atoms with van der Waals surface area (Å²) in [5.74, 6) is 0. The van der Waals surface area contributed by atoms with E-state index in [2.05, 4.69) is 120 Å². The van der Waals surface area contributed by atoms with Crippen molar-refractivity contribution in [1.29, 1.82) is 0 Å². The van der Waals surface area contributed by atoms with Gasteiger partial charge in [-0.3, -0.25) is 0 Å². The first-order valence-corrected chi connectivity index (χ1v) is 14.2. The minimum absolute atomic E-state index is 0.821. The van der Waals surface area contributed by atoms with Gasteiger partial charge >= 0.3 is 0 Å². The fourth-order valence-electron chi connectivity index (χ4n) is 5.73. The highest BCUT2D eigenvalue weighted by molar-refractivity contribution is 5.92. The molecule has 1 aliphatic rings. The van der Waals surface area contributed by atoms with Crippen molar-refractivity contribution in [3.8, 4) is 22.3 Å². The number of para-hydroxylation sites is 2. The Balaban J connectivity index is 1.53. The summed E-state index contributed by atoms with van der Waals surface area (Å²) in [6.45, 7) is 12.1. The van der Waals surface area contributed by atoms with Gasteiger partial charge in [0.1, 0.15) is 0 Å². The van der Waals surface area contributed by atoms with E-state index in [1.165, 1.54) is 5.56 Å². The number of aliphatic hydroxyl groups is 1. The van der Waals surface area contributed by atoms with E-state index in [0.29, 0.717) is 0 Å². The highest BCUT2D eigenvalue weighted by Crippen LogP contribution is 2.50. The molecule has 0 saturated carbocycles. The van der Waals surface area contributed by atoms with Crippen LogP contribution in [0.1, 0.15) is 19.4 Å². The van der Waals surface area contributed by atoms with E-state index in [4.69, 9.17) is 0 Å². The Labute approximate surface area is 248 Å². The third kappa shape index (κ3) is 4.85. The van der Waals surface area contributed by atoms with Crippen LogP contribution in [0.25, 0.3) is 22.3 Å². The van der Waals surface area contributed by atoms with E-state index < -0.39 is 5.60 Å². The van der Waals surface area contributed by atoms with Crippen LogP contribution in [0, 0.1) is 0 Å². The lowest BCUT2D eigenvalue weighted by molar-refractivity contribution is 0.0792. The Kier molecular flexibility index (Phi) is 7.12. The van der Waals surface area contributed by atoms with E-state index >= 15 is 0 Å². The Morgan fingerprint density at radius 3 is 1.52 bits per heavy atom. The average molecular weight is 547 g/mol. The summed E-state index contributed by atoms with van der Waals surface area (Å²) in [6.07, 6.45) is 3.75. The van der Waals surface area contributed by atoms with Crippen LogP contribution in [-0.4, -0.2) is 5.11 Å². The third-order valence-corrected chi connectivity index (χ3v) is 7.73. The van der Waals surface area contributed by atoms with Gasteiger partial charge in [0.25, 0.3) is 0 Å². The molecule has 206 valence electrons. The standard InChI is InChI=1S/C39H34N2O/c1-5-34-35(6-2)41(36-26-23-31(27-33(36)39(3,4)42)29-17-11-8-12-18-29)38-20-14-13-19-37(38)40(34)32-24-21-30(22-25-32)28-15-9-7-10-16-28/h5-27,42H,1-2H2,3-4H3. The lowest BCUT2D eigenvalue weighted by atomic mass is 9.91. The van der Waals surface area contributed by atoms with Crippen molar-refractivity contribution in [2.45, 2.75) is 19.4 Å². The van der Waals surface area contributed by atoms with Gasteiger partial charge in [-0.15, -0.1) is 0 Å². The van der Waals surface area contributed by atoms with Gasteiger partial charge in [0.2, 0.25) is 0 Å². The van der Waals surface area contributed by atoms with Crippen molar-refractivity contribution in [1.82, 2.24) is 0 Å². The average Bonchev–Trinajstić information content (AvgIpc) is 3.04. The smallest absolute Gasteiger partial charge is 0.0860 e. The second kappa shape index (κ2) is 11.0. The van der Waals surface area contributed by atoms with Gasteiger partial charge in [-0.1, -0.05) is 104 Å². The van der Waals surface area contributed by atoms with E-state index in [-0.39, 0.29) is 0 Å². The Hall–Kier alpha value is -5.12. The number of allylic oxidation sites excluding steroid dienone is 2. The maximum Gasteiger partial charge on any atom is 0.0860 e. The molecule has 0 fully saturated rings. The Bertz CT molecular complexity index is 1780. The van der Waals surface area contributed by atoms with Crippen molar-refractivity contribution < 1.29 is 5.11 Å². The summed E-state index contributed by atoms with van der Waals surface area (Å²) < 4.78 is 0. The molecule has 42 heavy (non-hydrogen) atoms. The van der Waals surface area contributed by atoms with Gasteiger partial charge in [-0.25, -0.2) is 0 Å². The van der Waals surface area contributed by atoms with Crippen LogP contribution in [0.15, 0.2) is 164 Å². The van der Waals surface area contributed by atoms with Gasteiger partial charge in [0.05, 0.1) is 34.1 Å². The van der Waals surface area contributed by atoms with Gasteiger partial charge in [0.15, 0.2) is 0 Å². The van der Waals surface area contributed by atoms with Crippen molar-refractivity contribution in [3.05, 3.63) is 170 Å². The minimum Gasteiger partial charge on any atom is -0.386 e. The van der Waals surface area contributed by atoms with E-state index in [0.717, 1.165) is 56.4 Å². The number of rotatable bonds is 7. The van der Waals surface area contributed by atoms with Crippen LogP contribution in [-0.2, 0) is 5.60 Å². The lowest BCUT2D eigenvalue weighted by Crippen LogP contribution is -2.32. The quantitative estimate of drug-likeness (QED) is 0.220.